The number of hydrogen-bond donors (Lipinski definition) is 1. The maximum Gasteiger partial charge on any atom is 0.390 e. The molecule has 0 bridgehead atoms. The molecule has 0 atom stereocenters. The first-order chi connectivity index (χ1) is 13.0. The summed E-state index contributed by atoms with van der Waals surface area (Å²) in [4.78, 5) is 40.8. The summed E-state index contributed by atoms with van der Waals surface area (Å²) in [6.45, 7) is 4.52. The van der Waals surface area contributed by atoms with Gasteiger partial charge in [-0.05, 0) is 26.3 Å². The predicted octanol–water partition coefficient (Wildman–Crippen LogP) is 2.60. The number of nitrogens with zero attached hydrogens (tertiary/aromatic N) is 3. The standard InChI is InChI=1S/C17H19F3N4O3S/c1-9(2)24-13(25)12-10(3)11(8-22-7-5-21-15(22)26)28-14(12)23(16(24)27)6-4-17(18,19)20/h5,7,9H,4,6,8H2,1-3H3,(H,21,26). The molecular weight excluding hydrogens is 397 g/mol. The molecule has 3 aromatic rings. The van der Waals surface area contributed by atoms with Gasteiger partial charge < -0.3 is 4.98 Å². The first-order valence-electron chi connectivity index (χ1n) is 8.59. The van der Waals surface area contributed by atoms with Crippen molar-refractivity contribution in [3.63, 3.8) is 0 Å². The molecule has 28 heavy (non-hydrogen) atoms. The van der Waals surface area contributed by atoms with Crippen LogP contribution in [0.2, 0.25) is 0 Å². The lowest BCUT2D eigenvalue weighted by Crippen LogP contribution is -2.41. The number of fused-ring (bicyclic) bond motifs is 1. The van der Waals surface area contributed by atoms with Gasteiger partial charge in [0.1, 0.15) is 4.83 Å². The van der Waals surface area contributed by atoms with Crippen molar-refractivity contribution in [1.29, 1.82) is 0 Å². The van der Waals surface area contributed by atoms with Crippen LogP contribution in [0.5, 0.6) is 0 Å². The molecule has 0 aliphatic heterocycles. The van der Waals surface area contributed by atoms with Crippen molar-refractivity contribution in [2.24, 2.45) is 0 Å². The van der Waals surface area contributed by atoms with Gasteiger partial charge in [0.2, 0.25) is 0 Å². The van der Waals surface area contributed by atoms with Gasteiger partial charge in [-0.1, -0.05) is 0 Å². The maximum absolute atomic E-state index is 12.9. The van der Waals surface area contributed by atoms with E-state index in [9.17, 15) is 27.6 Å². The molecule has 0 fully saturated rings. The molecule has 0 radical (unpaired) electrons. The smallest absolute Gasteiger partial charge is 0.313 e. The molecule has 3 rings (SSSR count). The molecule has 3 aromatic heterocycles. The van der Waals surface area contributed by atoms with E-state index in [1.807, 2.05) is 0 Å². The fourth-order valence-corrected chi connectivity index (χ4v) is 4.39. The molecule has 0 amide bonds. The lowest BCUT2D eigenvalue weighted by molar-refractivity contribution is -0.136. The third kappa shape index (κ3) is 3.58. The summed E-state index contributed by atoms with van der Waals surface area (Å²) in [7, 11) is 0. The van der Waals surface area contributed by atoms with Crippen LogP contribution in [0.15, 0.2) is 26.8 Å². The first-order valence-corrected chi connectivity index (χ1v) is 9.40. The van der Waals surface area contributed by atoms with Gasteiger partial charge >= 0.3 is 17.6 Å². The van der Waals surface area contributed by atoms with Gasteiger partial charge in [0, 0.05) is 29.9 Å². The molecule has 0 aliphatic carbocycles. The summed E-state index contributed by atoms with van der Waals surface area (Å²) >= 11 is 1.07. The van der Waals surface area contributed by atoms with Crippen molar-refractivity contribution >= 4 is 21.6 Å². The first kappa shape index (κ1) is 20.2. The third-order valence-electron chi connectivity index (χ3n) is 4.51. The van der Waals surface area contributed by atoms with Crippen LogP contribution >= 0.6 is 11.3 Å². The average molecular weight is 416 g/mol. The molecule has 3 heterocycles. The Morgan fingerprint density at radius 3 is 2.43 bits per heavy atom. The lowest BCUT2D eigenvalue weighted by Gasteiger charge is -2.15. The van der Waals surface area contributed by atoms with E-state index in [0.29, 0.717) is 10.4 Å². The maximum atomic E-state index is 12.9. The van der Waals surface area contributed by atoms with Gasteiger partial charge in [-0.15, -0.1) is 11.3 Å². The second-order valence-electron chi connectivity index (χ2n) is 6.79. The van der Waals surface area contributed by atoms with Gasteiger partial charge in [-0.25, -0.2) is 9.59 Å². The van der Waals surface area contributed by atoms with Crippen LogP contribution < -0.4 is 16.9 Å². The zero-order chi connectivity index (χ0) is 20.8. The van der Waals surface area contributed by atoms with Crippen LogP contribution in [0.3, 0.4) is 0 Å². The van der Waals surface area contributed by atoms with Gasteiger partial charge in [0.05, 0.1) is 18.4 Å². The van der Waals surface area contributed by atoms with Crippen molar-refractivity contribution in [2.75, 3.05) is 0 Å². The summed E-state index contributed by atoms with van der Waals surface area (Å²) in [5, 5.41) is 0.221. The SMILES string of the molecule is Cc1c(Cn2cc[nH]c2=O)sc2c1c(=O)n(C(C)C)c(=O)n2CCC(F)(F)F. The van der Waals surface area contributed by atoms with Crippen molar-refractivity contribution in [1.82, 2.24) is 18.7 Å². The molecule has 7 nitrogen and oxygen atoms in total. The minimum atomic E-state index is -4.43. The van der Waals surface area contributed by atoms with Crippen LogP contribution in [0.4, 0.5) is 13.2 Å². The van der Waals surface area contributed by atoms with E-state index in [-0.39, 0.29) is 22.5 Å². The number of imidazole rings is 1. The number of alkyl halides is 3. The normalized spacial score (nSPS) is 12.4. The van der Waals surface area contributed by atoms with Gasteiger partial charge in [-0.3, -0.25) is 18.5 Å². The summed E-state index contributed by atoms with van der Waals surface area (Å²) in [5.74, 6) is 0. The highest BCUT2D eigenvalue weighted by molar-refractivity contribution is 7.18. The number of H-pyrrole nitrogens is 1. The molecule has 0 unspecified atom stereocenters. The zero-order valence-electron chi connectivity index (χ0n) is 15.5. The average Bonchev–Trinajstić information content (AvgIpc) is 3.10. The Balaban J connectivity index is 2.26. The minimum Gasteiger partial charge on any atom is -0.313 e. The van der Waals surface area contributed by atoms with Crippen LogP contribution in [0.25, 0.3) is 10.2 Å². The summed E-state index contributed by atoms with van der Waals surface area (Å²) < 4.78 is 41.7. The lowest BCUT2D eigenvalue weighted by atomic mass is 10.2. The number of rotatable bonds is 5. The monoisotopic (exact) mass is 416 g/mol. The van der Waals surface area contributed by atoms with Crippen molar-refractivity contribution in [3.05, 3.63) is 54.2 Å². The molecule has 152 valence electrons. The molecule has 0 spiro atoms. The van der Waals surface area contributed by atoms with Crippen molar-refractivity contribution in [2.45, 2.75) is 52.5 Å². The third-order valence-corrected chi connectivity index (χ3v) is 5.81. The number of thiophene rings is 1. The van der Waals surface area contributed by atoms with Gasteiger partial charge in [0.15, 0.2) is 0 Å². The molecule has 0 saturated heterocycles. The number of nitrogens with one attached hydrogen (secondary N) is 1. The summed E-state index contributed by atoms with van der Waals surface area (Å²) in [6.07, 6.45) is -2.61. The quantitative estimate of drug-likeness (QED) is 0.694. The summed E-state index contributed by atoms with van der Waals surface area (Å²) in [5.41, 5.74) is -1.07. The summed E-state index contributed by atoms with van der Waals surface area (Å²) in [6, 6.07) is -0.503. The Morgan fingerprint density at radius 2 is 1.89 bits per heavy atom. The Hall–Kier alpha value is -2.56. The van der Waals surface area contributed by atoms with Crippen LogP contribution in [-0.2, 0) is 13.1 Å². The van der Waals surface area contributed by atoms with E-state index in [4.69, 9.17) is 0 Å². The zero-order valence-corrected chi connectivity index (χ0v) is 16.3. The van der Waals surface area contributed by atoms with E-state index in [1.165, 1.54) is 17.0 Å². The van der Waals surface area contributed by atoms with Gasteiger partial charge in [0.25, 0.3) is 5.56 Å². The fourth-order valence-electron chi connectivity index (χ4n) is 3.08. The number of aromatic amines is 1. The molecular formula is C17H19F3N4O3S. The number of hydrogen-bond acceptors (Lipinski definition) is 4. The Labute approximate surface area is 160 Å². The van der Waals surface area contributed by atoms with Crippen molar-refractivity contribution < 1.29 is 13.2 Å². The Kier molecular flexibility index (Phi) is 5.13. The number of aryl methyl sites for hydroxylation is 2. The molecule has 11 heteroatoms. The van der Waals surface area contributed by atoms with Crippen LogP contribution in [-0.4, -0.2) is 24.9 Å². The predicted molar refractivity (Wildman–Crippen MR) is 100 cm³/mol. The van der Waals surface area contributed by atoms with Crippen LogP contribution in [0.1, 0.15) is 36.8 Å². The molecule has 1 N–H and O–H groups in total. The highest BCUT2D eigenvalue weighted by Gasteiger charge is 2.29. The molecule has 0 aromatic carbocycles. The van der Waals surface area contributed by atoms with E-state index in [1.54, 1.807) is 20.8 Å². The molecule has 0 aliphatic rings. The Morgan fingerprint density at radius 1 is 1.21 bits per heavy atom. The van der Waals surface area contributed by atoms with E-state index in [2.05, 4.69) is 4.98 Å². The van der Waals surface area contributed by atoms with E-state index >= 15 is 0 Å². The molecule has 0 saturated carbocycles. The second-order valence-corrected chi connectivity index (χ2v) is 7.88. The minimum absolute atomic E-state index is 0.155. The topological polar surface area (TPSA) is 81.8 Å². The van der Waals surface area contributed by atoms with Crippen LogP contribution in [0, 0.1) is 6.92 Å². The van der Waals surface area contributed by atoms with Gasteiger partial charge in [-0.2, -0.15) is 13.2 Å². The van der Waals surface area contributed by atoms with Crippen molar-refractivity contribution in [3.8, 4) is 0 Å². The highest BCUT2D eigenvalue weighted by atomic mass is 32.1. The number of aromatic nitrogens is 4. The Bertz CT molecular complexity index is 1190. The fraction of sp³-hybridized carbons (Fsp3) is 0.471. The van der Waals surface area contributed by atoms with E-state index < -0.39 is 36.4 Å². The van der Waals surface area contributed by atoms with E-state index in [0.717, 1.165) is 20.5 Å². The largest absolute Gasteiger partial charge is 0.390 e. The second kappa shape index (κ2) is 7.12. The highest BCUT2D eigenvalue weighted by Crippen LogP contribution is 2.29. The number of halogens is 3.